The van der Waals surface area contributed by atoms with Gasteiger partial charge in [0.15, 0.2) is 0 Å². The van der Waals surface area contributed by atoms with Crippen molar-refractivity contribution in [3.8, 4) is 0 Å². The molecule has 0 saturated carbocycles. The van der Waals surface area contributed by atoms with E-state index in [0.717, 1.165) is 6.42 Å². The number of carboxylic acids is 1. The average Bonchev–Trinajstić information content (AvgIpc) is 3.15. The fourth-order valence-corrected chi connectivity index (χ4v) is 5.24. The van der Waals surface area contributed by atoms with E-state index in [9.17, 15) is 24.6 Å². The number of hydrogen-bond donors (Lipinski definition) is 4. The molecule has 0 spiro atoms. The predicted octanol–water partition coefficient (Wildman–Crippen LogP) is -0.340. The molecule has 0 aliphatic carbocycles. The quantitative estimate of drug-likeness (QED) is 0.367. The van der Waals surface area contributed by atoms with Gasteiger partial charge in [0.25, 0.3) is 0 Å². The third-order valence-electron chi connectivity index (χ3n) is 5.05. The van der Waals surface area contributed by atoms with Crippen LogP contribution in [0.2, 0.25) is 0 Å². The van der Waals surface area contributed by atoms with Crippen LogP contribution in [0.5, 0.6) is 0 Å². The molecule has 3 aliphatic rings. The minimum absolute atomic E-state index is 0.0592. The van der Waals surface area contributed by atoms with Crippen molar-refractivity contribution in [1.29, 1.82) is 0 Å². The number of hydrogen-bond acceptors (Lipinski definition) is 6. The monoisotopic (exact) mass is 381 g/mol. The fourth-order valence-electron chi connectivity index (χ4n) is 3.79. The lowest BCUT2D eigenvalue weighted by molar-refractivity contribution is -0.161. The van der Waals surface area contributed by atoms with E-state index < -0.39 is 18.0 Å². The molecule has 8 nitrogen and oxygen atoms in total. The van der Waals surface area contributed by atoms with Crippen LogP contribution in [0.4, 0.5) is 0 Å². The van der Waals surface area contributed by atoms with Crippen LogP contribution >= 0.6 is 11.8 Å². The minimum Gasteiger partial charge on any atom is -0.477 e. The molecule has 3 heterocycles. The molecule has 3 aliphatic heterocycles. The van der Waals surface area contributed by atoms with Gasteiger partial charge in [-0.2, -0.15) is 0 Å². The van der Waals surface area contributed by atoms with E-state index >= 15 is 0 Å². The average molecular weight is 381 g/mol. The van der Waals surface area contributed by atoms with Gasteiger partial charge in [0.1, 0.15) is 5.70 Å². The summed E-state index contributed by atoms with van der Waals surface area (Å²) in [5, 5.41) is 25.3. The molecule has 0 aromatic rings. The van der Waals surface area contributed by atoms with Crippen LogP contribution in [0.25, 0.3) is 0 Å². The van der Waals surface area contributed by atoms with Gasteiger partial charge in [0.05, 0.1) is 18.1 Å². The summed E-state index contributed by atoms with van der Waals surface area (Å²) in [6.45, 7) is 2.26. The van der Waals surface area contributed by atoms with Crippen molar-refractivity contribution in [3.05, 3.63) is 22.8 Å². The Hall–Kier alpha value is -1.84. The third-order valence-corrected chi connectivity index (χ3v) is 6.39. The van der Waals surface area contributed by atoms with Crippen LogP contribution in [0.1, 0.15) is 19.8 Å². The molecular weight excluding hydrogens is 358 g/mol. The molecule has 2 amide bonds. The van der Waals surface area contributed by atoms with E-state index in [2.05, 4.69) is 10.6 Å². The molecule has 142 valence electrons. The SMILES string of the molecule is CNC(=O)C=C[C@@H]1C[C@H](SC2=C(C(=O)O)N3C(=O)[C@H]([C@@H](C)O)[C@H]3C2)CN1. The molecule has 0 radical (unpaired) electrons. The van der Waals surface area contributed by atoms with Gasteiger partial charge in [-0.1, -0.05) is 6.08 Å². The van der Waals surface area contributed by atoms with Gasteiger partial charge >= 0.3 is 5.97 Å². The molecule has 3 rings (SSSR count). The first-order chi connectivity index (χ1) is 12.3. The Labute approximate surface area is 155 Å². The molecule has 2 saturated heterocycles. The molecule has 9 heteroatoms. The number of carboxylic acid groups (broad SMARTS) is 1. The fraction of sp³-hybridized carbons (Fsp3) is 0.588. The van der Waals surface area contributed by atoms with Crippen LogP contribution in [-0.2, 0) is 14.4 Å². The van der Waals surface area contributed by atoms with Gasteiger partial charge < -0.3 is 25.7 Å². The number of carbonyl (C=O) groups excluding carboxylic acids is 2. The highest BCUT2D eigenvalue weighted by atomic mass is 32.2. The number of fused-ring (bicyclic) bond motifs is 1. The normalized spacial score (nSPS) is 32.0. The maximum atomic E-state index is 12.2. The Bertz CT molecular complexity index is 690. The van der Waals surface area contributed by atoms with Crippen LogP contribution in [0.15, 0.2) is 22.8 Å². The first kappa shape index (κ1) is 18.9. The lowest BCUT2D eigenvalue weighted by atomic mass is 9.83. The first-order valence-corrected chi connectivity index (χ1v) is 9.49. The van der Waals surface area contributed by atoms with E-state index in [0.29, 0.717) is 17.9 Å². The number of carbonyl (C=O) groups is 3. The van der Waals surface area contributed by atoms with Crippen molar-refractivity contribution in [3.63, 3.8) is 0 Å². The van der Waals surface area contributed by atoms with E-state index in [4.69, 9.17) is 0 Å². The van der Waals surface area contributed by atoms with Crippen LogP contribution in [-0.4, -0.2) is 69.9 Å². The van der Waals surface area contributed by atoms with Gasteiger partial charge in [-0.05, 0) is 13.3 Å². The molecule has 26 heavy (non-hydrogen) atoms. The number of nitrogens with zero attached hydrogens (tertiary/aromatic N) is 1. The van der Waals surface area contributed by atoms with Crippen molar-refractivity contribution in [1.82, 2.24) is 15.5 Å². The summed E-state index contributed by atoms with van der Waals surface area (Å²) >= 11 is 1.48. The Balaban J connectivity index is 1.66. The van der Waals surface area contributed by atoms with Gasteiger partial charge in [-0.3, -0.25) is 9.59 Å². The molecule has 2 fully saturated rings. The summed E-state index contributed by atoms with van der Waals surface area (Å²) in [6.07, 6.45) is 3.76. The number of rotatable bonds is 6. The zero-order chi connectivity index (χ0) is 19.0. The van der Waals surface area contributed by atoms with E-state index in [1.807, 2.05) is 0 Å². The molecular formula is C17H23N3O5S. The van der Waals surface area contributed by atoms with Gasteiger partial charge in [-0.25, -0.2) is 4.79 Å². The smallest absolute Gasteiger partial charge is 0.353 e. The molecule has 0 bridgehead atoms. The molecule has 5 atom stereocenters. The highest BCUT2D eigenvalue weighted by molar-refractivity contribution is 8.03. The number of amides is 2. The zero-order valence-corrected chi connectivity index (χ0v) is 15.5. The van der Waals surface area contributed by atoms with E-state index in [-0.39, 0.29) is 34.8 Å². The predicted molar refractivity (Wildman–Crippen MR) is 96.1 cm³/mol. The largest absolute Gasteiger partial charge is 0.477 e. The van der Waals surface area contributed by atoms with Gasteiger partial charge in [-0.15, -0.1) is 11.8 Å². The highest BCUT2D eigenvalue weighted by Gasteiger charge is 2.57. The molecule has 4 N–H and O–H groups in total. The van der Waals surface area contributed by atoms with Gasteiger partial charge in [0, 0.05) is 42.3 Å². The third kappa shape index (κ3) is 3.38. The topological polar surface area (TPSA) is 119 Å². The Morgan fingerprint density at radius 1 is 1.46 bits per heavy atom. The molecule has 0 aromatic heterocycles. The first-order valence-electron chi connectivity index (χ1n) is 8.61. The second-order valence-electron chi connectivity index (χ2n) is 6.79. The van der Waals surface area contributed by atoms with Crippen molar-refractivity contribution >= 4 is 29.5 Å². The van der Waals surface area contributed by atoms with Crippen molar-refractivity contribution < 1.29 is 24.6 Å². The van der Waals surface area contributed by atoms with Crippen LogP contribution < -0.4 is 10.6 Å². The Kier molecular flexibility index (Phi) is 5.40. The standard InChI is InChI=1S/C17H23N3O5S/c1-8(21)14-11-6-12(15(17(24)25)20(11)16(14)23)26-10-5-9(19-7-10)3-4-13(22)18-2/h3-4,8-11,14,19,21H,5-7H2,1-2H3,(H,18,22)(H,24,25)/t8-,9-,10+,11-,14-/m1/s1. The maximum absolute atomic E-state index is 12.2. The van der Waals surface area contributed by atoms with Crippen LogP contribution in [0.3, 0.4) is 0 Å². The number of nitrogens with one attached hydrogen (secondary N) is 2. The van der Waals surface area contributed by atoms with Crippen molar-refractivity contribution in [2.75, 3.05) is 13.6 Å². The summed E-state index contributed by atoms with van der Waals surface area (Å²) in [4.78, 5) is 37.2. The number of β-lactam (4-membered cyclic amide) rings is 1. The molecule has 0 unspecified atom stereocenters. The number of likely N-dealkylation sites (N-methyl/N-ethyl adjacent to an activating group) is 1. The number of aliphatic hydroxyl groups excluding tert-OH is 1. The lowest BCUT2D eigenvalue weighted by Gasteiger charge is -2.44. The van der Waals surface area contributed by atoms with Crippen LogP contribution in [0, 0.1) is 5.92 Å². The van der Waals surface area contributed by atoms with Crippen molar-refractivity contribution in [2.45, 2.75) is 43.2 Å². The lowest BCUT2D eigenvalue weighted by Crippen LogP contribution is -2.61. The number of aliphatic carboxylic acids is 1. The number of thioether (sulfide) groups is 1. The summed E-state index contributed by atoms with van der Waals surface area (Å²) in [5.74, 6) is -2.10. The zero-order valence-electron chi connectivity index (χ0n) is 14.6. The second kappa shape index (κ2) is 7.42. The summed E-state index contributed by atoms with van der Waals surface area (Å²) < 4.78 is 0. The summed E-state index contributed by atoms with van der Waals surface area (Å²) in [6, 6.07) is -0.196. The Morgan fingerprint density at radius 3 is 2.81 bits per heavy atom. The van der Waals surface area contributed by atoms with Crippen molar-refractivity contribution in [2.24, 2.45) is 5.92 Å². The summed E-state index contributed by atoms with van der Waals surface area (Å²) in [5.41, 5.74) is 0.0613. The van der Waals surface area contributed by atoms with Gasteiger partial charge in [0.2, 0.25) is 11.8 Å². The highest BCUT2D eigenvalue weighted by Crippen LogP contribution is 2.48. The Morgan fingerprint density at radius 2 is 2.19 bits per heavy atom. The van der Waals surface area contributed by atoms with E-state index in [1.54, 1.807) is 20.0 Å². The minimum atomic E-state index is -1.10. The number of aliphatic hydroxyl groups is 1. The maximum Gasteiger partial charge on any atom is 0.353 e. The second-order valence-corrected chi connectivity index (χ2v) is 8.18. The van der Waals surface area contributed by atoms with E-state index in [1.165, 1.54) is 22.7 Å². The molecule has 0 aromatic carbocycles. The summed E-state index contributed by atoms with van der Waals surface area (Å²) in [7, 11) is 1.57.